The summed E-state index contributed by atoms with van der Waals surface area (Å²) in [6.07, 6.45) is 6.44. The average molecular weight is 320 g/mol. The summed E-state index contributed by atoms with van der Waals surface area (Å²) in [6.45, 7) is 1.85. The maximum Gasteiger partial charge on any atom is 0.133 e. The molecule has 1 aliphatic rings. The molecule has 1 aliphatic heterocycles. The highest BCUT2D eigenvalue weighted by Crippen LogP contribution is 2.29. The maximum absolute atomic E-state index is 13.6. The number of hydrogen-bond donors (Lipinski definition) is 2. The lowest BCUT2D eigenvalue weighted by molar-refractivity contribution is -0.0355. The Morgan fingerprint density at radius 1 is 1.39 bits per heavy atom. The first-order valence-electron chi connectivity index (χ1n) is 7.49. The fourth-order valence-electron chi connectivity index (χ4n) is 2.88. The standard InChI is InChI=1S/C16H18F2N4O/c17-13-5-4-12(14(18)9-13)3-1-7-22-8-2-6-16(23,11-22)15-10-19-21-20-15/h1,3-5,9-10,23H,2,6-8,11H2,(H,19,20,21). The van der Waals surface area contributed by atoms with Gasteiger partial charge in [-0.2, -0.15) is 15.4 Å². The molecule has 1 aromatic carbocycles. The Hall–Kier alpha value is -2.12. The molecule has 1 fully saturated rings. The van der Waals surface area contributed by atoms with Crippen molar-refractivity contribution >= 4 is 6.08 Å². The van der Waals surface area contributed by atoms with Gasteiger partial charge in [-0.1, -0.05) is 12.2 Å². The van der Waals surface area contributed by atoms with E-state index in [1.807, 2.05) is 6.08 Å². The minimum Gasteiger partial charge on any atom is -0.382 e. The van der Waals surface area contributed by atoms with E-state index in [1.54, 1.807) is 6.08 Å². The lowest BCUT2D eigenvalue weighted by Crippen LogP contribution is -2.46. The van der Waals surface area contributed by atoms with Gasteiger partial charge in [0.15, 0.2) is 0 Å². The molecule has 0 saturated carbocycles. The predicted molar refractivity (Wildman–Crippen MR) is 81.3 cm³/mol. The molecular formula is C16H18F2N4O. The third-order valence-electron chi connectivity index (χ3n) is 4.07. The van der Waals surface area contributed by atoms with Crippen molar-refractivity contribution in [3.05, 3.63) is 53.4 Å². The smallest absolute Gasteiger partial charge is 0.133 e. The Labute approximate surface area is 132 Å². The minimum atomic E-state index is -1.01. The quantitative estimate of drug-likeness (QED) is 0.905. The molecular weight excluding hydrogens is 302 g/mol. The molecule has 0 radical (unpaired) electrons. The summed E-state index contributed by atoms with van der Waals surface area (Å²) in [7, 11) is 0. The van der Waals surface area contributed by atoms with Crippen LogP contribution in [0.4, 0.5) is 8.78 Å². The van der Waals surface area contributed by atoms with Crippen molar-refractivity contribution in [3.8, 4) is 0 Å². The summed E-state index contributed by atoms with van der Waals surface area (Å²) in [6, 6.07) is 3.50. The van der Waals surface area contributed by atoms with Gasteiger partial charge in [-0.05, 0) is 31.5 Å². The van der Waals surface area contributed by atoms with E-state index in [4.69, 9.17) is 0 Å². The van der Waals surface area contributed by atoms with Crippen molar-refractivity contribution in [1.82, 2.24) is 20.3 Å². The van der Waals surface area contributed by atoms with E-state index in [2.05, 4.69) is 20.3 Å². The monoisotopic (exact) mass is 320 g/mol. The molecule has 2 N–H and O–H groups in total. The van der Waals surface area contributed by atoms with Crippen LogP contribution in [-0.4, -0.2) is 45.1 Å². The number of aromatic nitrogens is 3. The minimum absolute atomic E-state index is 0.343. The van der Waals surface area contributed by atoms with Crippen LogP contribution in [0.15, 0.2) is 30.5 Å². The zero-order chi connectivity index (χ0) is 16.3. The fraction of sp³-hybridized carbons (Fsp3) is 0.375. The summed E-state index contributed by atoms with van der Waals surface area (Å²) in [5.74, 6) is -1.17. The van der Waals surface area contributed by atoms with Crippen LogP contribution in [0.2, 0.25) is 0 Å². The van der Waals surface area contributed by atoms with Gasteiger partial charge in [-0.3, -0.25) is 4.90 Å². The lowest BCUT2D eigenvalue weighted by Gasteiger charge is -2.37. The van der Waals surface area contributed by atoms with Gasteiger partial charge in [0.25, 0.3) is 0 Å². The normalized spacial score (nSPS) is 22.7. The Kier molecular flexibility index (Phi) is 4.49. The van der Waals surface area contributed by atoms with Gasteiger partial charge in [-0.25, -0.2) is 8.78 Å². The van der Waals surface area contributed by atoms with E-state index in [0.717, 1.165) is 19.0 Å². The van der Waals surface area contributed by atoms with E-state index >= 15 is 0 Å². The summed E-state index contributed by atoms with van der Waals surface area (Å²) >= 11 is 0. The Balaban J connectivity index is 1.63. The zero-order valence-electron chi connectivity index (χ0n) is 12.5. The van der Waals surface area contributed by atoms with Gasteiger partial charge < -0.3 is 5.11 Å². The van der Waals surface area contributed by atoms with E-state index in [0.29, 0.717) is 30.8 Å². The van der Waals surface area contributed by atoms with Crippen LogP contribution < -0.4 is 0 Å². The van der Waals surface area contributed by atoms with Crippen LogP contribution >= 0.6 is 0 Å². The largest absolute Gasteiger partial charge is 0.382 e. The van der Waals surface area contributed by atoms with E-state index in [1.165, 1.54) is 18.3 Å². The predicted octanol–water partition coefficient (Wildman–Crippen LogP) is 2.08. The molecule has 5 nitrogen and oxygen atoms in total. The van der Waals surface area contributed by atoms with Crippen LogP contribution in [0.3, 0.4) is 0 Å². The van der Waals surface area contributed by atoms with Crippen LogP contribution in [0.25, 0.3) is 6.08 Å². The Bertz CT molecular complexity index is 689. The van der Waals surface area contributed by atoms with E-state index in [-0.39, 0.29) is 0 Å². The number of benzene rings is 1. The first kappa shape index (κ1) is 15.8. The van der Waals surface area contributed by atoms with Gasteiger partial charge in [0.1, 0.15) is 22.9 Å². The van der Waals surface area contributed by atoms with Crippen LogP contribution in [0.5, 0.6) is 0 Å². The molecule has 1 saturated heterocycles. The van der Waals surface area contributed by atoms with Crippen molar-refractivity contribution in [1.29, 1.82) is 0 Å². The molecule has 1 unspecified atom stereocenters. The number of likely N-dealkylation sites (tertiary alicyclic amines) is 1. The number of rotatable bonds is 4. The van der Waals surface area contributed by atoms with Gasteiger partial charge in [-0.15, -0.1) is 0 Å². The van der Waals surface area contributed by atoms with Crippen molar-refractivity contribution in [2.24, 2.45) is 0 Å². The van der Waals surface area contributed by atoms with Crippen molar-refractivity contribution in [2.75, 3.05) is 19.6 Å². The first-order chi connectivity index (χ1) is 11.1. The Morgan fingerprint density at radius 3 is 3.00 bits per heavy atom. The molecule has 7 heteroatoms. The summed E-state index contributed by atoms with van der Waals surface area (Å²) in [5.41, 5.74) is -0.133. The van der Waals surface area contributed by atoms with Crippen LogP contribution in [0.1, 0.15) is 24.1 Å². The SMILES string of the molecule is OC1(c2cn[nH]n2)CCCN(CC=Cc2ccc(F)cc2F)C1. The molecule has 3 rings (SSSR count). The molecule has 0 amide bonds. The number of piperidine rings is 1. The third-order valence-corrected chi connectivity index (χ3v) is 4.07. The molecule has 2 heterocycles. The van der Waals surface area contributed by atoms with Crippen LogP contribution in [-0.2, 0) is 5.60 Å². The van der Waals surface area contributed by atoms with Crippen molar-refractivity contribution in [2.45, 2.75) is 18.4 Å². The molecule has 2 aromatic rings. The van der Waals surface area contributed by atoms with Crippen molar-refractivity contribution < 1.29 is 13.9 Å². The fourth-order valence-corrected chi connectivity index (χ4v) is 2.88. The van der Waals surface area contributed by atoms with E-state index in [9.17, 15) is 13.9 Å². The lowest BCUT2D eigenvalue weighted by atomic mass is 9.90. The first-order valence-corrected chi connectivity index (χ1v) is 7.49. The zero-order valence-corrected chi connectivity index (χ0v) is 12.5. The van der Waals surface area contributed by atoms with Crippen molar-refractivity contribution in [3.63, 3.8) is 0 Å². The number of H-pyrrole nitrogens is 1. The number of nitrogens with one attached hydrogen (secondary N) is 1. The van der Waals surface area contributed by atoms with E-state index < -0.39 is 17.2 Å². The highest BCUT2D eigenvalue weighted by atomic mass is 19.1. The van der Waals surface area contributed by atoms with Gasteiger partial charge in [0.2, 0.25) is 0 Å². The molecule has 0 spiro atoms. The molecule has 1 atom stereocenters. The highest BCUT2D eigenvalue weighted by Gasteiger charge is 2.36. The number of β-amino-alcohol motifs (C(OH)–C–C–N with tert-alkyl or cyclic N) is 1. The molecule has 0 bridgehead atoms. The number of nitrogens with zero attached hydrogens (tertiary/aromatic N) is 3. The number of aromatic amines is 1. The Morgan fingerprint density at radius 2 is 2.26 bits per heavy atom. The summed E-state index contributed by atoms with van der Waals surface area (Å²) < 4.78 is 26.4. The molecule has 122 valence electrons. The second kappa shape index (κ2) is 6.55. The number of aliphatic hydroxyl groups is 1. The number of halogens is 2. The number of hydrogen-bond acceptors (Lipinski definition) is 4. The second-order valence-electron chi connectivity index (χ2n) is 5.79. The highest BCUT2D eigenvalue weighted by molar-refractivity contribution is 5.50. The van der Waals surface area contributed by atoms with Crippen LogP contribution in [0, 0.1) is 11.6 Å². The average Bonchev–Trinajstić information content (AvgIpc) is 3.05. The molecule has 1 aromatic heterocycles. The molecule has 23 heavy (non-hydrogen) atoms. The maximum atomic E-state index is 13.6. The third kappa shape index (κ3) is 3.62. The summed E-state index contributed by atoms with van der Waals surface area (Å²) in [4.78, 5) is 2.07. The van der Waals surface area contributed by atoms with Gasteiger partial charge >= 0.3 is 0 Å². The second-order valence-corrected chi connectivity index (χ2v) is 5.79. The summed E-state index contributed by atoms with van der Waals surface area (Å²) in [5, 5.41) is 20.9. The van der Waals surface area contributed by atoms with Gasteiger partial charge in [0, 0.05) is 24.7 Å². The topological polar surface area (TPSA) is 65.0 Å². The molecule has 0 aliphatic carbocycles. The van der Waals surface area contributed by atoms with Gasteiger partial charge in [0.05, 0.1) is 6.20 Å².